The zero-order valence-electron chi connectivity index (χ0n) is 19.4. The Bertz CT molecular complexity index is 1280. The van der Waals surface area contributed by atoms with Crippen LogP contribution in [0.4, 0.5) is 0 Å². The van der Waals surface area contributed by atoms with Crippen LogP contribution in [-0.2, 0) is 9.59 Å². The Morgan fingerprint density at radius 1 is 1.09 bits per heavy atom. The molecule has 4 atom stereocenters. The van der Waals surface area contributed by atoms with Gasteiger partial charge in [0.15, 0.2) is 5.78 Å². The summed E-state index contributed by atoms with van der Waals surface area (Å²) in [6.07, 6.45) is 2.45. The van der Waals surface area contributed by atoms with Crippen molar-refractivity contribution in [2.75, 3.05) is 0 Å². The van der Waals surface area contributed by atoms with E-state index in [2.05, 4.69) is 0 Å². The van der Waals surface area contributed by atoms with E-state index in [9.17, 15) is 19.5 Å². The lowest BCUT2D eigenvalue weighted by atomic mass is 9.75. The molecule has 5 rings (SSSR count). The predicted molar refractivity (Wildman–Crippen MR) is 138 cm³/mol. The number of amides is 1. The van der Waals surface area contributed by atoms with Gasteiger partial charge in [0, 0.05) is 32.2 Å². The van der Waals surface area contributed by atoms with Crippen LogP contribution in [0.25, 0.3) is 0 Å². The molecule has 1 saturated carbocycles. The smallest absolute Gasteiger partial charge is 0.330 e. The van der Waals surface area contributed by atoms with E-state index in [1.54, 1.807) is 36.1 Å². The summed E-state index contributed by atoms with van der Waals surface area (Å²) in [6, 6.07) is 11.8. The topological polar surface area (TPSA) is 74.7 Å². The number of carbonyl (C=O) groups is 3. The predicted octanol–water partition coefficient (Wildman–Crippen LogP) is 6.58. The average molecular weight is 528 g/mol. The van der Waals surface area contributed by atoms with Gasteiger partial charge in [0.25, 0.3) is 0 Å². The van der Waals surface area contributed by atoms with Gasteiger partial charge in [0.2, 0.25) is 5.91 Å². The SMILES string of the molecule is Cc1ccsc1C1C(C(=O)c2cccc(Cl)c2)C(c2cccs2)C(C)(C(=O)O)N1C(=O)C1CCC1. The van der Waals surface area contributed by atoms with Crippen molar-refractivity contribution < 1.29 is 19.5 Å². The highest BCUT2D eigenvalue weighted by atomic mass is 35.5. The second-order valence-corrected chi connectivity index (χ2v) is 12.0. The summed E-state index contributed by atoms with van der Waals surface area (Å²) >= 11 is 9.14. The first-order valence-corrected chi connectivity index (χ1v) is 13.8. The lowest BCUT2D eigenvalue weighted by Gasteiger charge is -2.41. The van der Waals surface area contributed by atoms with Gasteiger partial charge in [-0.05, 0) is 67.3 Å². The van der Waals surface area contributed by atoms with Crippen LogP contribution in [-0.4, -0.2) is 33.2 Å². The number of thiophene rings is 2. The molecule has 182 valence electrons. The van der Waals surface area contributed by atoms with Gasteiger partial charge in [-0.2, -0.15) is 0 Å². The summed E-state index contributed by atoms with van der Waals surface area (Å²) in [5.74, 6) is -3.14. The lowest BCUT2D eigenvalue weighted by molar-refractivity contribution is -0.161. The highest BCUT2D eigenvalue weighted by Crippen LogP contribution is 2.59. The van der Waals surface area contributed by atoms with Crippen molar-refractivity contribution in [1.29, 1.82) is 0 Å². The summed E-state index contributed by atoms with van der Waals surface area (Å²) < 4.78 is 0. The third-order valence-corrected chi connectivity index (χ3v) is 9.92. The Morgan fingerprint density at radius 2 is 1.86 bits per heavy atom. The van der Waals surface area contributed by atoms with E-state index in [0.717, 1.165) is 34.6 Å². The first-order valence-electron chi connectivity index (χ1n) is 11.7. The number of aliphatic carboxylic acids is 1. The summed E-state index contributed by atoms with van der Waals surface area (Å²) in [5.41, 5.74) is -0.207. The number of benzene rings is 1. The number of hydrogen-bond acceptors (Lipinski definition) is 5. The maximum atomic E-state index is 14.3. The monoisotopic (exact) mass is 527 g/mol. The fourth-order valence-electron chi connectivity index (χ4n) is 5.60. The molecule has 1 aliphatic heterocycles. The van der Waals surface area contributed by atoms with Crippen molar-refractivity contribution in [2.24, 2.45) is 11.8 Å². The highest BCUT2D eigenvalue weighted by molar-refractivity contribution is 7.10. The molecule has 5 nitrogen and oxygen atoms in total. The Labute approximate surface area is 217 Å². The molecule has 1 N–H and O–H groups in total. The molecule has 1 aliphatic carbocycles. The number of carboxylic acids is 1. The van der Waals surface area contributed by atoms with Crippen LogP contribution < -0.4 is 0 Å². The van der Waals surface area contributed by atoms with E-state index in [4.69, 9.17) is 11.6 Å². The molecule has 0 spiro atoms. The molecule has 0 radical (unpaired) electrons. The number of carbonyl (C=O) groups excluding carboxylic acids is 2. The Kier molecular flexibility index (Phi) is 6.36. The minimum Gasteiger partial charge on any atom is -0.479 e. The zero-order chi connectivity index (χ0) is 24.9. The fourth-order valence-corrected chi connectivity index (χ4v) is 7.85. The van der Waals surface area contributed by atoms with Gasteiger partial charge in [-0.15, -0.1) is 22.7 Å². The second-order valence-electron chi connectivity index (χ2n) is 9.59. The third-order valence-electron chi connectivity index (χ3n) is 7.64. The molecule has 0 bridgehead atoms. The summed E-state index contributed by atoms with van der Waals surface area (Å²) in [4.78, 5) is 44.6. The minimum atomic E-state index is -1.59. The Balaban J connectivity index is 1.78. The Hall–Kier alpha value is -2.48. The van der Waals surface area contributed by atoms with Gasteiger partial charge in [0.1, 0.15) is 5.54 Å². The van der Waals surface area contributed by atoms with Gasteiger partial charge in [-0.3, -0.25) is 9.59 Å². The normalized spacial score (nSPS) is 26.5. The standard InChI is InChI=1S/C27H26ClNO4S2/c1-15-11-13-35-24(15)22-20(23(30)17-8-4-9-18(28)14-17)21(19-10-5-12-34-19)27(2,26(32)33)29(22)25(31)16-6-3-7-16/h4-5,8-14,16,20-22H,3,6-7H2,1-2H3,(H,32,33). The van der Waals surface area contributed by atoms with Crippen molar-refractivity contribution in [3.8, 4) is 0 Å². The van der Waals surface area contributed by atoms with Crippen LogP contribution in [0.15, 0.2) is 53.2 Å². The molecule has 3 heterocycles. The molecule has 8 heteroatoms. The maximum Gasteiger partial charge on any atom is 0.330 e. The molecular weight excluding hydrogens is 502 g/mol. The molecule has 1 saturated heterocycles. The van der Waals surface area contributed by atoms with E-state index in [1.807, 2.05) is 35.9 Å². The number of aryl methyl sites for hydroxylation is 1. The number of halogens is 1. The first-order chi connectivity index (χ1) is 16.7. The van der Waals surface area contributed by atoms with E-state index < -0.39 is 29.4 Å². The van der Waals surface area contributed by atoms with Crippen molar-refractivity contribution >= 4 is 51.9 Å². The number of ketones is 1. The molecular formula is C27H26ClNO4S2. The minimum absolute atomic E-state index is 0.165. The average Bonchev–Trinajstić information content (AvgIpc) is 3.50. The third kappa shape index (κ3) is 3.85. The van der Waals surface area contributed by atoms with Crippen LogP contribution in [0.2, 0.25) is 5.02 Å². The number of Topliss-reactive ketones (excluding diaryl/α,β-unsaturated/α-hetero) is 1. The molecule has 2 aliphatic rings. The van der Waals surface area contributed by atoms with E-state index >= 15 is 0 Å². The molecule has 1 aromatic carbocycles. The van der Waals surface area contributed by atoms with Crippen molar-refractivity contribution in [1.82, 2.24) is 4.90 Å². The largest absolute Gasteiger partial charge is 0.479 e. The van der Waals surface area contributed by atoms with E-state index in [1.165, 1.54) is 22.7 Å². The second kappa shape index (κ2) is 9.19. The summed E-state index contributed by atoms with van der Waals surface area (Å²) in [6.45, 7) is 3.58. The van der Waals surface area contributed by atoms with Crippen molar-refractivity contribution in [3.63, 3.8) is 0 Å². The molecule has 35 heavy (non-hydrogen) atoms. The van der Waals surface area contributed by atoms with Gasteiger partial charge < -0.3 is 10.0 Å². The van der Waals surface area contributed by atoms with E-state index in [0.29, 0.717) is 10.6 Å². The molecule has 1 amide bonds. The van der Waals surface area contributed by atoms with Gasteiger partial charge in [-0.25, -0.2) is 4.79 Å². The number of nitrogens with zero attached hydrogens (tertiary/aromatic N) is 1. The number of likely N-dealkylation sites (tertiary alicyclic amines) is 1. The molecule has 2 fully saturated rings. The fraction of sp³-hybridized carbons (Fsp3) is 0.370. The number of hydrogen-bond donors (Lipinski definition) is 1. The lowest BCUT2D eigenvalue weighted by Crippen LogP contribution is -2.56. The number of rotatable bonds is 6. The summed E-state index contributed by atoms with van der Waals surface area (Å²) in [7, 11) is 0. The maximum absolute atomic E-state index is 14.3. The highest BCUT2D eigenvalue weighted by Gasteiger charge is 2.66. The van der Waals surface area contributed by atoms with Crippen molar-refractivity contribution in [2.45, 2.75) is 50.6 Å². The first kappa shape index (κ1) is 24.2. The van der Waals surface area contributed by atoms with Crippen LogP contribution in [0.1, 0.15) is 63.8 Å². The van der Waals surface area contributed by atoms with Gasteiger partial charge >= 0.3 is 5.97 Å². The zero-order valence-corrected chi connectivity index (χ0v) is 21.8. The van der Waals surface area contributed by atoms with Crippen LogP contribution >= 0.6 is 34.3 Å². The summed E-state index contributed by atoms with van der Waals surface area (Å²) in [5, 5.41) is 15.0. The Morgan fingerprint density at radius 3 is 2.40 bits per heavy atom. The van der Waals surface area contributed by atoms with Gasteiger partial charge in [-0.1, -0.05) is 36.2 Å². The van der Waals surface area contributed by atoms with Crippen molar-refractivity contribution in [3.05, 3.63) is 79.1 Å². The molecule has 4 unspecified atom stereocenters. The van der Waals surface area contributed by atoms with E-state index in [-0.39, 0.29) is 17.6 Å². The molecule has 2 aromatic heterocycles. The molecule has 3 aromatic rings. The van der Waals surface area contributed by atoms with Gasteiger partial charge in [0.05, 0.1) is 12.0 Å². The van der Waals surface area contributed by atoms with Crippen LogP contribution in [0.5, 0.6) is 0 Å². The van der Waals surface area contributed by atoms with Crippen LogP contribution in [0.3, 0.4) is 0 Å². The number of carboxylic acid groups (broad SMARTS) is 1. The van der Waals surface area contributed by atoms with Crippen LogP contribution in [0, 0.1) is 18.8 Å². The quantitative estimate of drug-likeness (QED) is 0.367.